The molecule has 1 saturated carbocycles. The van der Waals surface area contributed by atoms with E-state index in [2.05, 4.69) is 0 Å². The van der Waals surface area contributed by atoms with E-state index in [4.69, 9.17) is 5.26 Å². The van der Waals surface area contributed by atoms with Crippen molar-refractivity contribution in [1.82, 2.24) is 4.90 Å². The number of carbonyl (C=O) groups excluding carboxylic acids is 1. The summed E-state index contributed by atoms with van der Waals surface area (Å²) in [5.74, 6) is -1.39. The van der Waals surface area contributed by atoms with Crippen LogP contribution in [0.5, 0.6) is 0 Å². The van der Waals surface area contributed by atoms with E-state index in [-0.39, 0.29) is 11.9 Å². The van der Waals surface area contributed by atoms with Crippen LogP contribution in [0.1, 0.15) is 42.9 Å². The van der Waals surface area contributed by atoms with Crippen LogP contribution in [0.15, 0.2) is 24.3 Å². The smallest absolute Gasteiger partial charge is 0.308 e. The highest BCUT2D eigenvalue weighted by atomic mass is 16.4. The monoisotopic (exact) mass is 284 g/mol. The van der Waals surface area contributed by atoms with Crippen LogP contribution in [0, 0.1) is 17.2 Å². The van der Waals surface area contributed by atoms with Crippen LogP contribution >= 0.6 is 0 Å². The lowest BCUT2D eigenvalue weighted by Crippen LogP contribution is -2.46. The molecular weight excluding hydrogens is 268 g/mol. The van der Waals surface area contributed by atoms with Crippen LogP contribution in [0.25, 0.3) is 0 Å². The molecular formula is C16H16N2O3. The number of nitriles is 1. The van der Waals surface area contributed by atoms with Crippen LogP contribution in [-0.2, 0) is 9.59 Å². The van der Waals surface area contributed by atoms with Gasteiger partial charge in [-0.25, -0.2) is 0 Å². The van der Waals surface area contributed by atoms with Crippen molar-refractivity contribution in [2.75, 3.05) is 0 Å². The quantitative estimate of drug-likeness (QED) is 0.921. The molecule has 0 aromatic heterocycles. The fraction of sp³-hybridized carbons (Fsp3) is 0.438. The molecule has 0 bridgehead atoms. The summed E-state index contributed by atoms with van der Waals surface area (Å²) in [6.45, 7) is 0. The summed E-state index contributed by atoms with van der Waals surface area (Å²) in [6, 6.07) is 8.72. The Balaban J connectivity index is 1.99. The SMILES string of the molecule is N#Cc1ccc(C2C(C(=O)O)CCC(=O)N2C2CC2)cc1. The Morgan fingerprint density at radius 3 is 2.43 bits per heavy atom. The largest absolute Gasteiger partial charge is 0.481 e. The fourth-order valence-electron chi connectivity index (χ4n) is 3.10. The number of likely N-dealkylation sites (tertiary alicyclic amines) is 1. The van der Waals surface area contributed by atoms with Crippen molar-refractivity contribution in [2.45, 2.75) is 37.8 Å². The van der Waals surface area contributed by atoms with Crippen molar-refractivity contribution in [3.8, 4) is 6.07 Å². The second kappa shape index (κ2) is 5.21. The molecule has 2 fully saturated rings. The molecule has 1 aromatic carbocycles. The molecule has 1 heterocycles. The summed E-state index contributed by atoms with van der Waals surface area (Å²) in [4.78, 5) is 25.6. The molecule has 1 aromatic rings. The summed E-state index contributed by atoms with van der Waals surface area (Å²) in [7, 11) is 0. The topological polar surface area (TPSA) is 81.4 Å². The molecule has 2 unspecified atom stereocenters. The van der Waals surface area contributed by atoms with E-state index in [0.29, 0.717) is 18.4 Å². The number of rotatable bonds is 3. The molecule has 1 aliphatic carbocycles. The molecule has 0 radical (unpaired) electrons. The number of aliphatic carboxylic acids is 1. The van der Waals surface area contributed by atoms with E-state index in [0.717, 1.165) is 18.4 Å². The van der Waals surface area contributed by atoms with Gasteiger partial charge in [0.15, 0.2) is 0 Å². The summed E-state index contributed by atoms with van der Waals surface area (Å²) in [6.07, 6.45) is 2.58. The minimum atomic E-state index is -0.859. The first-order valence-electron chi connectivity index (χ1n) is 7.16. The van der Waals surface area contributed by atoms with Crippen molar-refractivity contribution in [2.24, 2.45) is 5.92 Å². The van der Waals surface area contributed by atoms with E-state index in [9.17, 15) is 14.7 Å². The molecule has 1 aliphatic heterocycles. The zero-order valence-corrected chi connectivity index (χ0v) is 11.5. The number of benzene rings is 1. The Morgan fingerprint density at radius 2 is 1.90 bits per heavy atom. The Hall–Kier alpha value is -2.35. The summed E-state index contributed by atoms with van der Waals surface area (Å²) < 4.78 is 0. The van der Waals surface area contributed by atoms with Crippen molar-refractivity contribution in [1.29, 1.82) is 5.26 Å². The van der Waals surface area contributed by atoms with Gasteiger partial charge in [0.1, 0.15) is 0 Å². The van der Waals surface area contributed by atoms with Gasteiger partial charge in [-0.15, -0.1) is 0 Å². The molecule has 1 saturated heterocycles. The van der Waals surface area contributed by atoms with Crippen molar-refractivity contribution in [3.63, 3.8) is 0 Å². The van der Waals surface area contributed by atoms with Gasteiger partial charge in [-0.2, -0.15) is 5.26 Å². The molecule has 1 amide bonds. The molecule has 0 spiro atoms. The number of hydrogen-bond acceptors (Lipinski definition) is 3. The molecule has 1 N–H and O–H groups in total. The number of carbonyl (C=O) groups is 2. The minimum Gasteiger partial charge on any atom is -0.481 e. The van der Waals surface area contributed by atoms with Crippen molar-refractivity contribution in [3.05, 3.63) is 35.4 Å². The molecule has 3 rings (SSSR count). The molecule has 5 heteroatoms. The normalized spacial score (nSPS) is 25.5. The predicted molar refractivity (Wildman–Crippen MR) is 74.1 cm³/mol. The lowest BCUT2D eigenvalue weighted by atomic mass is 9.84. The van der Waals surface area contributed by atoms with Crippen LogP contribution in [0.3, 0.4) is 0 Å². The molecule has 108 valence electrons. The maximum absolute atomic E-state index is 12.2. The maximum Gasteiger partial charge on any atom is 0.308 e. The number of nitrogens with zero attached hydrogens (tertiary/aromatic N) is 2. The predicted octanol–water partition coefficient (Wildman–Crippen LogP) is 2.08. The minimum absolute atomic E-state index is 0.0457. The average molecular weight is 284 g/mol. The Kier molecular flexibility index (Phi) is 3.38. The fourth-order valence-corrected chi connectivity index (χ4v) is 3.10. The number of carboxylic acids is 1. The van der Waals surface area contributed by atoms with E-state index in [1.807, 2.05) is 6.07 Å². The highest BCUT2D eigenvalue weighted by Gasteiger charge is 2.46. The summed E-state index contributed by atoms with van der Waals surface area (Å²) in [5, 5.41) is 18.3. The van der Waals surface area contributed by atoms with E-state index < -0.39 is 17.9 Å². The first kappa shape index (κ1) is 13.6. The molecule has 2 aliphatic rings. The summed E-state index contributed by atoms with van der Waals surface area (Å²) >= 11 is 0. The highest BCUT2D eigenvalue weighted by Crippen LogP contribution is 2.43. The number of amides is 1. The van der Waals surface area contributed by atoms with Crippen LogP contribution < -0.4 is 0 Å². The third-order valence-electron chi connectivity index (χ3n) is 4.28. The van der Waals surface area contributed by atoms with E-state index in [1.165, 1.54) is 0 Å². The van der Waals surface area contributed by atoms with Gasteiger partial charge in [0, 0.05) is 12.5 Å². The second-order valence-electron chi connectivity index (χ2n) is 5.69. The zero-order chi connectivity index (χ0) is 15.0. The second-order valence-corrected chi connectivity index (χ2v) is 5.69. The Bertz CT molecular complexity index is 613. The van der Waals surface area contributed by atoms with Gasteiger partial charge in [0.2, 0.25) is 5.91 Å². The summed E-state index contributed by atoms with van der Waals surface area (Å²) in [5.41, 5.74) is 1.34. The maximum atomic E-state index is 12.2. The van der Waals surface area contributed by atoms with Gasteiger partial charge >= 0.3 is 5.97 Å². The van der Waals surface area contributed by atoms with Crippen molar-refractivity contribution >= 4 is 11.9 Å². The first-order valence-corrected chi connectivity index (χ1v) is 7.16. The van der Waals surface area contributed by atoms with Gasteiger partial charge in [0.25, 0.3) is 0 Å². The number of piperidine rings is 1. The van der Waals surface area contributed by atoms with Gasteiger partial charge < -0.3 is 10.0 Å². The average Bonchev–Trinajstić information content (AvgIpc) is 3.31. The van der Waals surface area contributed by atoms with Crippen LogP contribution in [-0.4, -0.2) is 27.9 Å². The Labute approximate surface area is 122 Å². The molecule has 2 atom stereocenters. The Morgan fingerprint density at radius 1 is 1.24 bits per heavy atom. The van der Waals surface area contributed by atoms with Crippen LogP contribution in [0.4, 0.5) is 0 Å². The van der Waals surface area contributed by atoms with Gasteiger partial charge in [0.05, 0.1) is 23.6 Å². The van der Waals surface area contributed by atoms with E-state index in [1.54, 1.807) is 29.2 Å². The van der Waals surface area contributed by atoms with Gasteiger partial charge in [-0.3, -0.25) is 9.59 Å². The molecule has 21 heavy (non-hydrogen) atoms. The molecule has 5 nitrogen and oxygen atoms in total. The van der Waals surface area contributed by atoms with Gasteiger partial charge in [-0.1, -0.05) is 12.1 Å². The van der Waals surface area contributed by atoms with Crippen molar-refractivity contribution < 1.29 is 14.7 Å². The third-order valence-corrected chi connectivity index (χ3v) is 4.28. The third kappa shape index (κ3) is 2.49. The lowest BCUT2D eigenvalue weighted by Gasteiger charge is -2.40. The first-order chi connectivity index (χ1) is 10.1. The highest BCUT2D eigenvalue weighted by molar-refractivity contribution is 5.82. The van der Waals surface area contributed by atoms with Gasteiger partial charge in [-0.05, 0) is 37.0 Å². The number of hydrogen-bond donors (Lipinski definition) is 1. The zero-order valence-electron chi connectivity index (χ0n) is 11.5. The van der Waals surface area contributed by atoms with E-state index >= 15 is 0 Å². The lowest BCUT2D eigenvalue weighted by molar-refractivity contribution is -0.152. The van der Waals surface area contributed by atoms with Crippen LogP contribution in [0.2, 0.25) is 0 Å². The number of carboxylic acid groups (broad SMARTS) is 1. The standard InChI is InChI=1S/C16H16N2O3/c17-9-10-1-3-11(4-2-10)15-13(16(20)21)7-8-14(19)18(15)12-5-6-12/h1-4,12-13,15H,5-8H2,(H,20,21).